The van der Waals surface area contributed by atoms with Crippen molar-refractivity contribution < 1.29 is 9.90 Å². The van der Waals surface area contributed by atoms with Crippen molar-refractivity contribution in [2.24, 2.45) is 5.92 Å². The lowest BCUT2D eigenvalue weighted by Gasteiger charge is -2.36. The Morgan fingerprint density at radius 2 is 2.00 bits per heavy atom. The van der Waals surface area contributed by atoms with Gasteiger partial charge in [0.2, 0.25) is 0 Å². The van der Waals surface area contributed by atoms with E-state index in [1.54, 1.807) is 11.8 Å². The highest BCUT2D eigenvalue weighted by molar-refractivity contribution is 7.99. The maximum Gasteiger partial charge on any atom is 0.338 e. The van der Waals surface area contributed by atoms with Gasteiger partial charge in [-0.15, -0.1) is 11.8 Å². The van der Waals surface area contributed by atoms with Crippen molar-refractivity contribution >= 4 is 23.4 Å². The van der Waals surface area contributed by atoms with Gasteiger partial charge in [-0.3, -0.25) is 0 Å². The molecule has 1 aliphatic rings. The summed E-state index contributed by atoms with van der Waals surface area (Å²) in [5.74, 6) is 0.863. The Balaban J connectivity index is 2.29. The first kappa shape index (κ1) is 16.2. The summed E-state index contributed by atoms with van der Waals surface area (Å²) in [6, 6.07) is 6.29. The lowest BCUT2D eigenvalue weighted by atomic mass is 9.86. The lowest BCUT2D eigenvalue weighted by Crippen LogP contribution is -2.35. The molecule has 0 radical (unpaired) electrons. The molecule has 1 fully saturated rings. The molecule has 0 saturated heterocycles. The maximum absolute atomic E-state index is 11.7. The number of aromatic carboxylic acids is 1. The number of carboxylic acid groups (broad SMARTS) is 1. The van der Waals surface area contributed by atoms with Crippen LogP contribution in [0, 0.1) is 5.92 Å². The van der Waals surface area contributed by atoms with Crippen LogP contribution in [0.4, 0.5) is 5.69 Å². The van der Waals surface area contributed by atoms with Crippen LogP contribution < -0.4 is 4.90 Å². The van der Waals surface area contributed by atoms with Gasteiger partial charge in [0.1, 0.15) is 0 Å². The second kappa shape index (κ2) is 7.21. The molecule has 0 heterocycles. The monoisotopic (exact) mass is 307 g/mol. The minimum atomic E-state index is -0.822. The molecule has 4 heteroatoms. The molecule has 3 nitrogen and oxygen atoms in total. The molecule has 0 aromatic heterocycles. The third-order valence-corrected chi connectivity index (χ3v) is 5.37. The van der Waals surface area contributed by atoms with Gasteiger partial charge in [0.15, 0.2) is 0 Å². The molecular formula is C17H25NO2S. The maximum atomic E-state index is 11.7. The standard InChI is InChI=1S/C17H25NO2S/c1-4-21-15-7-5-6-14(16(15)17(19)20)18(3)13-10-8-12(2)9-11-13/h5-7,12-13H,4,8-11H2,1-3H3,(H,19,20). The van der Waals surface area contributed by atoms with Crippen LogP contribution in [0.2, 0.25) is 0 Å². The minimum Gasteiger partial charge on any atom is -0.478 e. The van der Waals surface area contributed by atoms with E-state index in [0.29, 0.717) is 11.6 Å². The van der Waals surface area contributed by atoms with Crippen LogP contribution in [0.25, 0.3) is 0 Å². The van der Waals surface area contributed by atoms with Gasteiger partial charge < -0.3 is 10.0 Å². The molecule has 0 bridgehead atoms. The van der Waals surface area contributed by atoms with Crippen LogP contribution >= 0.6 is 11.8 Å². The van der Waals surface area contributed by atoms with Gasteiger partial charge in [-0.25, -0.2) is 4.79 Å². The molecule has 21 heavy (non-hydrogen) atoms. The van der Waals surface area contributed by atoms with E-state index in [9.17, 15) is 9.90 Å². The molecule has 0 aliphatic heterocycles. The molecule has 1 N–H and O–H groups in total. The fourth-order valence-electron chi connectivity index (χ4n) is 3.13. The molecule has 0 unspecified atom stereocenters. The SMILES string of the molecule is CCSc1cccc(N(C)C2CCC(C)CC2)c1C(=O)O. The van der Waals surface area contributed by atoms with Crippen LogP contribution in [0.1, 0.15) is 49.9 Å². The first-order valence-electron chi connectivity index (χ1n) is 7.76. The van der Waals surface area contributed by atoms with E-state index >= 15 is 0 Å². The Morgan fingerprint density at radius 3 is 2.57 bits per heavy atom. The van der Waals surface area contributed by atoms with Gasteiger partial charge in [0, 0.05) is 18.0 Å². The van der Waals surface area contributed by atoms with Crippen molar-refractivity contribution in [1.29, 1.82) is 0 Å². The van der Waals surface area contributed by atoms with Gasteiger partial charge in [-0.2, -0.15) is 0 Å². The number of carboxylic acids is 1. The highest BCUT2D eigenvalue weighted by Crippen LogP contribution is 2.34. The number of hydrogen-bond acceptors (Lipinski definition) is 3. The van der Waals surface area contributed by atoms with Crippen molar-refractivity contribution in [3.05, 3.63) is 23.8 Å². The third-order valence-electron chi connectivity index (χ3n) is 4.43. The van der Waals surface area contributed by atoms with Crippen LogP contribution in [0.3, 0.4) is 0 Å². The Bertz CT molecular complexity index is 496. The Labute approximate surface area is 131 Å². The quantitative estimate of drug-likeness (QED) is 0.812. The predicted octanol–water partition coefficient (Wildman–Crippen LogP) is 4.51. The van der Waals surface area contributed by atoms with E-state index < -0.39 is 5.97 Å². The van der Waals surface area contributed by atoms with Crippen LogP contribution in [0.15, 0.2) is 23.1 Å². The largest absolute Gasteiger partial charge is 0.478 e. The van der Waals surface area contributed by atoms with Crippen molar-refractivity contribution in [3.8, 4) is 0 Å². The highest BCUT2D eigenvalue weighted by Gasteiger charge is 2.25. The van der Waals surface area contributed by atoms with E-state index in [1.807, 2.05) is 25.2 Å². The number of hydrogen-bond donors (Lipinski definition) is 1. The summed E-state index contributed by atoms with van der Waals surface area (Å²) < 4.78 is 0. The normalized spacial score (nSPS) is 22.0. The number of rotatable bonds is 5. The molecule has 0 atom stereocenters. The summed E-state index contributed by atoms with van der Waals surface area (Å²) in [5.41, 5.74) is 1.32. The summed E-state index contributed by atoms with van der Waals surface area (Å²) in [6.07, 6.45) is 4.78. The molecule has 1 aromatic rings. The van der Waals surface area contributed by atoms with Crippen LogP contribution in [-0.2, 0) is 0 Å². The molecule has 0 amide bonds. The molecule has 0 spiro atoms. The molecule has 116 valence electrons. The second-order valence-electron chi connectivity index (χ2n) is 5.91. The van der Waals surface area contributed by atoms with Gasteiger partial charge in [0.05, 0.1) is 11.3 Å². The van der Waals surface area contributed by atoms with Gasteiger partial charge in [0.25, 0.3) is 0 Å². The third kappa shape index (κ3) is 3.73. The Hall–Kier alpha value is -1.16. The van der Waals surface area contributed by atoms with Crippen LogP contribution in [-0.4, -0.2) is 29.9 Å². The predicted molar refractivity (Wildman–Crippen MR) is 89.6 cm³/mol. The smallest absolute Gasteiger partial charge is 0.338 e. The summed E-state index contributed by atoms with van der Waals surface area (Å²) >= 11 is 1.60. The van der Waals surface area contributed by atoms with Gasteiger partial charge in [-0.1, -0.05) is 19.9 Å². The molecule has 1 saturated carbocycles. The number of anilines is 1. The molecule has 2 rings (SSSR count). The van der Waals surface area contributed by atoms with Gasteiger partial charge in [-0.05, 0) is 49.5 Å². The zero-order valence-electron chi connectivity index (χ0n) is 13.1. The van der Waals surface area contributed by atoms with E-state index in [2.05, 4.69) is 18.7 Å². The number of thioether (sulfide) groups is 1. The Kier molecular flexibility index (Phi) is 5.57. The molecular weight excluding hydrogens is 282 g/mol. The summed E-state index contributed by atoms with van der Waals surface area (Å²) in [4.78, 5) is 14.8. The number of carbonyl (C=O) groups is 1. The van der Waals surface area contributed by atoms with Crippen molar-refractivity contribution in [3.63, 3.8) is 0 Å². The first-order valence-corrected chi connectivity index (χ1v) is 8.75. The first-order chi connectivity index (χ1) is 10.0. The molecule has 1 aromatic carbocycles. The zero-order chi connectivity index (χ0) is 15.4. The average molecular weight is 307 g/mol. The summed E-state index contributed by atoms with van der Waals surface area (Å²) in [7, 11) is 2.04. The lowest BCUT2D eigenvalue weighted by molar-refractivity contribution is 0.0693. The summed E-state index contributed by atoms with van der Waals surface area (Å²) in [5, 5.41) is 9.62. The zero-order valence-corrected chi connectivity index (χ0v) is 13.9. The highest BCUT2D eigenvalue weighted by atomic mass is 32.2. The van der Waals surface area contributed by atoms with E-state index in [-0.39, 0.29) is 0 Å². The molecule has 1 aliphatic carbocycles. The minimum absolute atomic E-state index is 0.459. The van der Waals surface area contributed by atoms with E-state index in [4.69, 9.17) is 0 Å². The Morgan fingerprint density at radius 1 is 1.33 bits per heavy atom. The van der Waals surface area contributed by atoms with Gasteiger partial charge >= 0.3 is 5.97 Å². The fourth-order valence-corrected chi connectivity index (χ4v) is 3.95. The van der Waals surface area contributed by atoms with Crippen molar-refractivity contribution in [2.75, 3.05) is 17.7 Å². The fraction of sp³-hybridized carbons (Fsp3) is 0.588. The summed E-state index contributed by atoms with van der Waals surface area (Å²) in [6.45, 7) is 4.35. The second-order valence-corrected chi connectivity index (χ2v) is 7.22. The average Bonchev–Trinajstić information content (AvgIpc) is 2.47. The van der Waals surface area contributed by atoms with Crippen molar-refractivity contribution in [1.82, 2.24) is 0 Å². The van der Waals surface area contributed by atoms with E-state index in [0.717, 1.165) is 35.1 Å². The van der Waals surface area contributed by atoms with E-state index in [1.165, 1.54) is 12.8 Å². The number of nitrogens with zero attached hydrogens (tertiary/aromatic N) is 1. The van der Waals surface area contributed by atoms with Crippen molar-refractivity contribution in [2.45, 2.75) is 50.5 Å². The van der Waals surface area contributed by atoms with Crippen LogP contribution in [0.5, 0.6) is 0 Å². The topological polar surface area (TPSA) is 40.5 Å². The number of benzene rings is 1.